The van der Waals surface area contributed by atoms with Crippen LogP contribution >= 0.6 is 15.9 Å². The Balaban J connectivity index is 1.67. The minimum atomic E-state index is 0.293. The SMILES string of the molecule is COc1ccc(Br)c(CC(N)C2CC3CC3C2)c1. The molecule has 1 aromatic carbocycles. The summed E-state index contributed by atoms with van der Waals surface area (Å²) in [7, 11) is 1.71. The van der Waals surface area contributed by atoms with Crippen molar-refractivity contribution in [3.63, 3.8) is 0 Å². The second-order valence-electron chi connectivity index (χ2n) is 5.81. The van der Waals surface area contributed by atoms with Gasteiger partial charge in [0.25, 0.3) is 0 Å². The topological polar surface area (TPSA) is 35.2 Å². The van der Waals surface area contributed by atoms with Gasteiger partial charge in [-0.3, -0.25) is 0 Å². The van der Waals surface area contributed by atoms with E-state index in [0.29, 0.717) is 6.04 Å². The highest BCUT2D eigenvalue weighted by molar-refractivity contribution is 9.10. The molecule has 0 saturated heterocycles. The van der Waals surface area contributed by atoms with Crippen LogP contribution in [0.5, 0.6) is 5.75 Å². The van der Waals surface area contributed by atoms with E-state index in [-0.39, 0.29) is 0 Å². The van der Waals surface area contributed by atoms with Crippen molar-refractivity contribution in [3.8, 4) is 5.75 Å². The molecule has 1 aromatic rings. The quantitative estimate of drug-likeness (QED) is 0.925. The Labute approximate surface area is 117 Å². The largest absolute Gasteiger partial charge is 0.497 e. The number of benzene rings is 1. The lowest BCUT2D eigenvalue weighted by Gasteiger charge is -2.21. The standard InChI is InChI=1S/C15H20BrNO/c1-18-13-2-3-14(16)11(7-13)8-15(17)12-5-9-4-10(9)6-12/h2-3,7,9-10,12,15H,4-6,8,17H2,1H3. The van der Waals surface area contributed by atoms with Crippen molar-refractivity contribution in [2.24, 2.45) is 23.5 Å². The molecular formula is C15H20BrNO. The average Bonchev–Trinajstić information content (AvgIpc) is 2.98. The van der Waals surface area contributed by atoms with Gasteiger partial charge in [-0.1, -0.05) is 15.9 Å². The summed E-state index contributed by atoms with van der Waals surface area (Å²) in [5, 5.41) is 0. The Morgan fingerprint density at radius 3 is 2.72 bits per heavy atom. The molecule has 2 nitrogen and oxygen atoms in total. The molecule has 0 aromatic heterocycles. The van der Waals surface area contributed by atoms with Crippen LogP contribution in [0, 0.1) is 17.8 Å². The zero-order valence-electron chi connectivity index (χ0n) is 10.7. The Kier molecular flexibility index (Phi) is 3.37. The van der Waals surface area contributed by atoms with E-state index in [1.807, 2.05) is 12.1 Å². The van der Waals surface area contributed by atoms with Crippen molar-refractivity contribution in [3.05, 3.63) is 28.2 Å². The van der Waals surface area contributed by atoms with Crippen molar-refractivity contribution < 1.29 is 4.74 Å². The number of nitrogens with two attached hydrogens (primary N) is 1. The zero-order chi connectivity index (χ0) is 12.7. The first kappa shape index (κ1) is 12.5. The van der Waals surface area contributed by atoms with Gasteiger partial charge in [-0.15, -0.1) is 0 Å². The van der Waals surface area contributed by atoms with Gasteiger partial charge in [-0.05, 0) is 67.2 Å². The van der Waals surface area contributed by atoms with Crippen LogP contribution in [-0.4, -0.2) is 13.2 Å². The van der Waals surface area contributed by atoms with E-state index in [0.717, 1.165) is 34.4 Å². The highest BCUT2D eigenvalue weighted by atomic mass is 79.9. The smallest absolute Gasteiger partial charge is 0.119 e. The molecule has 3 heteroatoms. The van der Waals surface area contributed by atoms with Crippen LogP contribution in [0.1, 0.15) is 24.8 Å². The van der Waals surface area contributed by atoms with Gasteiger partial charge in [-0.2, -0.15) is 0 Å². The molecule has 0 radical (unpaired) electrons. The number of ether oxygens (including phenoxy) is 1. The highest BCUT2D eigenvalue weighted by Crippen LogP contribution is 2.55. The number of hydrogen-bond acceptors (Lipinski definition) is 2. The van der Waals surface area contributed by atoms with Crippen LogP contribution in [0.15, 0.2) is 22.7 Å². The maximum atomic E-state index is 6.39. The van der Waals surface area contributed by atoms with Crippen LogP contribution in [0.25, 0.3) is 0 Å². The van der Waals surface area contributed by atoms with Crippen molar-refractivity contribution in [1.82, 2.24) is 0 Å². The third kappa shape index (κ3) is 2.43. The van der Waals surface area contributed by atoms with Gasteiger partial charge < -0.3 is 10.5 Å². The summed E-state index contributed by atoms with van der Waals surface area (Å²) >= 11 is 3.61. The van der Waals surface area contributed by atoms with Gasteiger partial charge in [0.15, 0.2) is 0 Å². The van der Waals surface area contributed by atoms with Gasteiger partial charge in [0.2, 0.25) is 0 Å². The molecule has 2 aliphatic rings. The number of halogens is 1. The van der Waals surface area contributed by atoms with Crippen molar-refractivity contribution in [2.75, 3.05) is 7.11 Å². The van der Waals surface area contributed by atoms with Gasteiger partial charge in [0, 0.05) is 10.5 Å². The summed E-state index contributed by atoms with van der Waals surface area (Å²) in [5.74, 6) is 3.66. The Hall–Kier alpha value is -0.540. The maximum absolute atomic E-state index is 6.39. The minimum absolute atomic E-state index is 0.293. The third-order valence-corrected chi connectivity index (χ3v) is 5.37. The average molecular weight is 310 g/mol. The zero-order valence-corrected chi connectivity index (χ0v) is 12.3. The molecule has 2 fully saturated rings. The van der Waals surface area contributed by atoms with Gasteiger partial charge in [0.1, 0.15) is 5.75 Å². The first-order valence-electron chi connectivity index (χ1n) is 6.75. The molecule has 0 bridgehead atoms. The molecule has 2 saturated carbocycles. The monoisotopic (exact) mass is 309 g/mol. The summed E-state index contributed by atoms with van der Waals surface area (Å²) in [4.78, 5) is 0. The summed E-state index contributed by atoms with van der Waals surface area (Å²) < 4.78 is 6.42. The van der Waals surface area contributed by atoms with E-state index in [1.165, 1.54) is 24.8 Å². The van der Waals surface area contributed by atoms with Crippen molar-refractivity contribution in [2.45, 2.75) is 31.7 Å². The summed E-state index contributed by atoms with van der Waals surface area (Å²) in [6, 6.07) is 6.41. The molecule has 18 heavy (non-hydrogen) atoms. The molecule has 3 atom stereocenters. The normalized spacial score (nSPS) is 30.9. The molecule has 98 valence electrons. The van der Waals surface area contributed by atoms with Crippen LogP contribution in [0.3, 0.4) is 0 Å². The maximum Gasteiger partial charge on any atom is 0.119 e. The number of rotatable bonds is 4. The van der Waals surface area contributed by atoms with Crippen LogP contribution in [-0.2, 0) is 6.42 Å². The van der Waals surface area contributed by atoms with Crippen LogP contribution in [0.4, 0.5) is 0 Å². The Morgan fingerprint density at radius 2 is 2.06 bits per heavy atom. The summed E-state index contributed by atoms with van der Waals surface area (Å²) in [6.07, 6.45) is 5.12. The predicted octanol–water partition coefficient (Wildman–Crippen LogP) is 3.37. The first-order chi connectivity index (χ1) is 8.67. The van der Waals surface area contributed by atoms with Gasteiger partial charge >= 0.3 is 0 Å². The molecule has 3 unspecified atom stereocenters. The van der Waals surface area contributed by atoms with E-state index >= 15 is 0 Å². The lowest BCUT2D eigenvalue weighted by Crippen LogP contribution is -2.31. The van der Waals surface area contributed by atoms with E-state index in [2.05, 4.69) is 22.0 Å². The fourth-order valence-corrected chi connectivity index (χ4v) is 3.77. The van der Waals surface area contributed by atoms with Gasteiger partial charge in [0.05, 0.1) is 7.11 Å². The molecule has 0 spiro atoms. The van der Waals surface area contributed by atoms with Crippen LogP contribution in [0.2, 0.25) is 0 Å². The minimum Gasteiger partial charge on any atom is -0.497 e. The van der Waals surface area contributed by atoms with E-state index < -0.39 is 0 Å². The molecular weight excluding hydrogens is 290 g/mol. The molecule has 0 aliphatic heterocycles. The Morgan fingerprint density at radius 1 is 1.33 bits per heavy atom. The second-order valence-corrected chi connectivity index (χ2v) is 6.67. The molecule has 0 heterocycles. The van der Waals surface area contributed by atoms with E-state index in [4.69, 9.17) is 10.5 Å². The molecule has 3 rings (SSSR count). The molecule has 0 amide bonds. The highest BCUT2D eigenvalue weighted by Gasteiger charge is 2.47. The third-order valence-electron chi connectivity index (χ3n) is 4.59. The van der Waals surface area contributed by atoms with Crippen LogP contribution < -0.4 is 10.5 Å². The van der Waals surface area contributed by atoms with Gasteiger partial charge in [-0.25, -0.2) is 0 Å². The number of fused-ring (bicyclic) bond motifs is 1. The summed E-state index contributed by atoms with van der Waals surface area (Å²) in [6.45, 7) is 0. The molecule has 2 aliphatic carbocycles. The lowest BCUT2D eigenvalue weighted by atomic mass is 9.90. The second kappa shape index (κ2) is 4.86. The van der Waals surface area contributed by atoms with E-state index in [9.17, 15) is 0 Å². The fraction of sp³-hybridized carbons (Fsp3) is 0.600. The molecule has 2 N–H and O–H groups in total. The predicted molar refractivity (Wildman–Crippen MR) is 76.7 cm³/mol. The first-order valence-corrected chi connectivity index (χ1v) is 7.54. The Bertz CT molecular complexity index is 438. The van der Waals surface area contributed by atoms with Crippen molar-refractivity contribution in [1.29, 1.82) is 0 Å². The number of methoxy groups -OCH3 is 1. The summed E-state index contributed by atoms with van der Waals surface area (Å²) in [5.41, 5.74) is 7.66. The lowest BCUT2D eigenvalue weighted by molar-refractivity contribution is 0.390. The van der Waals surface area contributed by atoms with Crippen molar-refractivity contribution >= 4 is 15.9 Å². The number of hydrogen-bond donors (Lipinski definition) is 1. The fourth-order valence-electron chi connectivity index (χ4n) is 3.37. The van der Waals surface area contributed by atoms with E-state index in [1.54, 1.807) is 7.11 Å².